The standard InChI is InChI=1S/C9H14N4O2/c1-9(2,3)15-8(14)13-12-7-6-10-4-5-11-7/h4-6H,1-3H3,(H,11,12)(H,13,14). The second kappa shape index (κ2) is 4.59. The summed E-state index contributed by atoms with van der Waals surface area (Å²) >= 11 is 0. The number of carbonyl (C=O) groups excluding carboxylic acids is 1. The first kappa shape index (κ1) is 11.2. The Labute approximate surface area is 88.0 Å². The summed E-state index contributed by atoms with van der Waals surface area (Å²) in [6.45, 7) is 5.36. The van der Waals surface area contributed by atoms with Crippen LogP contribution in [-0.4, -0.2) is 21.7 Å². The summed E-state index contributed by atoms with van der Waals surface area (Å²) in [6.07, 6.45) is 3.97. The van der Waals surface area contributed by atoms with Crippen molar-refractivity contribution in [1.82, 2.24) is 15.4 Å². The van der Waals surface area contributed by atoms with Crippen LogP contribution in [0, 0.1) is 0 Å². The summed E-state index contributed by atoms with van der Waals surface area (Å²) in [6, 6.07) is 0. The minimum absolute atomic E-state index is 0.448. The molecule has 0 aromatic carbocycles. The van der Waals surface area contributed by atoms with E-state index in [1.807, 2.05) is 0 Å². The van der Waals surface area contributed by atoms with Crippen LogP contribution in [0.1, 0.15) is 20.8 Å². The van der Waals surface area contributed by atoms with Gasteiger partial charge < -0.3 is 4.74 Å². The van der Waals surface area contributed by atoms with Gasteiger partial charge in [-0.05, 0) is 20.8 Å². The van der Waals surface area contributed by atoms with Crippen LogP contribution in [0.4, 0.5) is 10.6 Å². The first-order valence-electron chi connectivity index (χ1n) is 4.48. The van der Waals surface area contributed by atoms with Crippen molar-refractivity contribution in [2.24, 2.45) is 0 Å². The third-order valence-corrected chi connectivity index (χ3v) is 1.25. The van der Waals surface area contributed by atoms with Gasteiger partial charge in [0.1, 0.15) is 5.60 Å². The quantitative estimate of drug-likeness (QED) is 0.720. The van der Waals surface area contributed by atoms with E-state index in [4.69, 9.17) is 4.74 Å². The summed E-state index contributed by atoms with van der Waals surface area (Å²) < 4.78 is 5.00. The Morgan fingerprint density at radius 1 is 1.40 bits per heavy atom. The summed E-state index contributed by atoms with van der Waals surface area (Å²) in [7, 11) is 0. The van der Waals surface area contributed by atoms with Gasteiger partial charge in [0.15, 0.2) is 5.82 Å². The highest BCUT2D eigenvalue weighted by atomic mass is 16.6. The van der Waals surface area contributed by atoms with Crippen LogP contribution in [0.25, 0.3) is 0 Å². The minimum atomic E-state index is -0.562. The molecule has 0 aliphatic carbocycles. The van der Waals surface area contributed by atoms with Gasteiger partial charge in [-0.1, -0.05) is 0 Å². The van der Waals surface area contributed by atoms with E-state index in [1.54, 1.807) is 27.0 Å². The van der Waals surface area contributed by atoms with E-state index in [0.29, 0.717) is 5.82 Å². The van der Waals surface area contributed by atoms with E-state index >= 15 is 0 Å². The van der Waals surface area contributed by atoms with E-state index in [-0.39, 0.29) is 0 Å². The van der Waals surface area contributed by atoms with E-state index in [0.717, 1.165) is 0 Å². The zero-order valence-electron chi connectivity index (χ0n) is 8.94. The number of carbonyl (C=O) groups is 1. The van der Waals surface area contributed by atoms with Gasteiger partial charge in [0.25, 0.3) is 0 Å². The van der Waals surface area contributed by atoms with Gasteiger partial charge in [0.2, 0.25) is 0 Å². The fourth-order valence-corrected chi connectivity index (χ4v) is 0.782. The van der Waals surface area contributed by atoms with Gasteiger partial charge in [-0.25, -0.2) is 15.2 Å². The molecule has 1 heterocycles. The molecule has 0 aliphatic rings. The number of amides is 1. The third-order valence-electron chi connectivity index (χ3n) is 1.25. The third kappa shape index (κ3) is 4.80. The van der Waals surface area contributed by atoms with Crippen LogP contribution < -0.4 is 10.9 Å². The number of nitrogens with one attached hydrogen (secondary N) is 2. The molecule has 0 saturated heterocycles. The van der Waals surface area contributed by atoms with Gasteiger partial charge >= 0.3 is 6.09 Å². The number of anilines is 1. The highest BCUT2D eigenvalue weighted by molar-refractivity contribution is 5.69. The molecule has 0 aliphatic heterocycles. The Bertz CT molecular complexity index is 321. The van der Waals surface area contributed by atoms with Crippen molar-refractivity contribution in [2.45, 2.75) is 26.4 Å². The molecule has 6 heteroatoms. The van der Waals surface area contributed by atoms with Crippen molar-refractivity contribution in [1.29, 1.82) is 0 Å². The molecule has 0 radical (unpaired) electrons. The molecule has 6 nitrogen and oxygen atoms in total. The molecule has 15 heavy (non-hydrogen) atoms. The topological polar surface area (TPSA) is 76.1 Å². The van der Waals surface area contributed by atoms with Crippen LogP contribution in [0.2, 0.25) is 0 Å². The van der Waals surface area contributed by atoms with Crippen molar-refractivity contribution in [3.05, 3.63) is 18.6 Å². The lowest BCUT2D eigenvalue weighted by molar-refractivity contribution is 0.0541. The molecule has 2 N–H and O–H groups in total. The summed E-state index contributed by atoms with van der Waals surface area (Å²) in [5.41, 5.74) is 4.39. The second-order valence-corrected chi connectivity index (χ2v) is 3.84. The molecular formula is C9H14N4O2. The predicted molar refractivity (Wildman–Crippen MR) is 55.0 cm³/mol. The number of ether oxygens (including phenoxy) is 1. The lowest BCUT2D eigenvalue weighted by Crippen LogP contribution is -2.36. The van der Waals surface area contributed by atoms with Crippen LogP contribution in [-0.2, 0) is 4.74 Å². The van der Waals surface area contributed by atoms with Gasteiger partial charge in [-0.2, -0.15) is 0 Å². The first-order chi connectivity index (χ1) is 6.97. The maximum Gasteiger partial charge on any atom is 0.426 e. The number of hydrogen-bond donors (Lipinski definition) is 2. The predicted octanol–water partition coefficient (Wildman–Crippen LogP) is 1.33. The number of hydrogen-bond acceptors (Lipinski definition) is 5. The Kier molecular flexibility index (Phi) is 3.43. The van der Waals surface area contributed by atoms with Crippen LogP contribution in [0.5, 0.6) is 0 Å². The Hall–Kier alpha value is -1.85. The van der Waals surface area contributed by atoms with Gasteiger partial charge in [0.05, 0.1) is 6.20 Å². The SMILES string of the molecule is CC(C)(C)OC(=O)NNc1cnccn1. The highest BCUT2D eigenvalue weighted by Gasteiger charge is 2.15. The van der Waals surface area contributed by atoms with Gasteiger partial charge in [-0.15, -0.1) is 0 Å². The minimum Gasteiger partial charge on any atom is -0.443 e. The maximum atomic E-state index is 11.2. The molecule has 1 rings (SSSR count). The monoisotopic (exact) mass is 210 g/mol. The Balaban J connectivity index is 2.35. The normalized spacial score (nSPS) is 10.6. The average molecular weight is 210 g/mol. The van der Waals surface area contributed by atoms with E-state index in [1.165, 1.54) is 12.4 Å². The number of aromatic nitrogens is 2. The number of nitrogens with zero attached hydrogens (tertiary/aromatic N) is 2. The van der Waals surface area contributed by atoms with Crippen molar-refractivity contribution >= 4 is 11.9 Å². The summed E-state index contributed by atoms with van der Waals surface area (Å²) in [5, 5.41) is 0. The smallest absolute Gasteiger partial charge is 0.426 e. The molecule has 82 valence electrons. The summed E-state index contributed by atoms with van der Waals surface area (Å²) in [5.74, 6) is 0.448. The van der Waals surface area contributed by atoms with E-state index in [2.05, 4.69) is 20.8 Å². The molecule has 1 aromatic heterocycles. The van der Waals surface area contributed by atoms with Gasteiger partial charge in [0, 0.05) is 12.4 Å². The van der Waals surface area contributed by atoms with Crippen molar-refractivity contribution < 1.29 is 9.53 Å². The second-order valence-electron chi connectivity index (χ2n) is 3.84. The van der Waals surface area contributed by atoms with E-state index in [9.17, 15) is 4.79 Å². The fraction of sp³-hybridized carbons (Fsp3) is 0.444. The fourth-order valence-electron chi connectivity index (χ4n) is 0.782. The van der Waals surface area contributed by atoms with Gasteiger partial charge in [-0.3, -0.25) is 10.4 Å². The van der Waals surface area contributed by atoms with Crippen LogP contribution in [0.3, 0.4) is 0 Å². The Morgan fingerprint density at radius 3 is 2.67 bits per heavy atom. The zero-order valence-corrected chi connectivity index (χ0v) is 8.94. The molecule has 1 aromatic rings. The first-order valence-corrected chi connectivity index (χ1v) is 4.48. The van der Waals surface area contributed by atoms with Crippen molar-refractivity contribution in [2.75, 3.05) is 5.43 Å². The molecule has 0 bridgehead atoms. The lowest BCUT2D eigenvalue weighted by atomic mass is 10.2. The molecule has 0 fully saturated rings. The molecule has 0 saturated carbocycles. The molecule has 0 spiro atoms. The lowest BCUT2D eigenvalue weighted by Gasteiger charge is -2.19. The average Bonchev–Trinajstić information content (AvgIpc) is 2.14. The molecular weight excluding hydrogens is 196 g/mol. The number of rotatable bonds is 2. The summed E-state index contributed by atoms with van der Waals surface area (Å²) in [4.78, 5) is 18.9. The largest absolute Gasteiger partial charge is 0.443 e. The maximum absolute atomic E-state index is 11.2. The van der Waals surface area contributed by atoms with E-state index < -0.39 is 11.7 Å². The van der Waals surface area contributed by atoms with Crippen LogP contribution >= 0.6 is 0 Å². The highest BCUT2D eigenvalue weighted by Crippen LogP contribution is 2.06. The molecule has 0 unspecified atom stereocenters. The van der Waals surface area contributed by atoms with Crippen LogP contribution in [0.15, 0.2) is 18.6 Å². The number of hydrazine groups is 1. The Morgan fingerprint density at radius 2 is 2.13 bits per heavy atom. The van der Waals surface area contributed by atoms with Crippen molar-refractivity contribution in [3.8, 4) is 0 Å². The molecule has 1 amide bonds. The van der Waals surface area contributed by atoms with Crippen molar-refractivity contribution in [3.63, 3.8) is 0 Å². The molecule has 0 atom stereocenters. The zero-order chi connectivity index (χ0) is 11.3.